The van der Waals surface area contributed by atoms with Crippen LogP contribution < -0.4 is 9.47 Å². The average Bonchev–Trinajstić information content (AvgIpc) is 3.20. The average molecular weight is 307 g/mol. The second-order valence-corrected chi connectivity index (χ2v) is 6.45. The van der Waals surface area contributed by atoms with E-state index >= 15 is 0 Å². The topological polar surface area (TPSA) is 31.4 Å². The Labute approximate surface area is 137 Å². The van der Waals surface area contributed by atoms with Gasteiger partial charge in [0.15, 0.2) is 11.5 Å². The summed E-state index contributed by atoms with van der Waals surface area (Å²) >= 11 is 0. The third kappa shape index (κ3) is 2.61. The smallest absolute Gasteiger partial charge is 0.165 e. The Morgan fingerprint density at radius 1 is 1.09 bits per heavy atom. The number of nitrogens with zero attached hydrogens (tertiary/aromatic N) is 1. The molecule has 1 spiro atoms. The molecule has 0 radical (unpaired) electrons. The minimum absolute atomic E-state index is 0.0101. The summed E-state index contributed by atoms with van der Waals surface area (Å²) in [6.07, 6.45) is 13.8. The van der Waals surface area contributed by atoms with Crippen LogP contribution >= 0.6 is 0 Å². The van der Waals surface area contributed by atoms with Gasteiger partial charge in [-0.3, -0.25) is 4.98 Å². The van der Waals surface area contributed by atoms with Crippen molar-refractivity contribution in [2.75, 3.05) is 7.11 Å². The van der Waals surface area contributed by atoms with Crippen LogP contribution in [-0.2, 0) is 6.42 Å². The van der Waals surface area contributed by atoms with Crippen molar-refractivity contribution in [2.45, 2.75) is 37.7 Å². The first-order chi connectivity index (χ1) is 11.3. The molecule has 1 saturated carbocycles. The quantitative estimate of drug-likeness (QED) is 0.836. The van der Waals surface area contributed by atoms with E-state index in [1.807, 2.05) is 30.6 Å². The fourth-order valence-electron chi connectivity index (χ4n) is 3.77. The largest absolute Gasteiger partial charge is 0.493 e. The molecule has 118 valence electrons. The number of benzene rings is 1. The summed E-state index contributed by atoms with van der Waals surface area (Å²) in [5.74, 6) is 1.80. The molecule has 1 aromatic carbocycles. The van der Waals surface area contributed by atoms with Crippen molar-refractivity contribution in [3.05, 3.63) is 53.3 Å². The Hall–Kier alpha value is -2.29. The molecule has 4 rings (SSSR count). The summed E-state index contributed by atoms with van der Waals surface area (Å²) in [6, 6.07) is 8.16. The number of hydrogen-bond acceptors (Lipinski definition) is 3. The van der Waals surface area contributed by atoms with E-state index in [1.54, 1.807) is 7.11 Å². The maximum absolute atomic E-state index is 6.40. The van der Waals surface area contributed by atoms with E-state index in [1.165, 1.54) is 24.0 Å². The van der Waals surface area contributed by atoms with Crippen LogP contribution in [0.1, 0.15) is 42.4 Å². The monoisotopic (exact) mass is 307 g/mol. The first kappa shape index (κ1) is 14.3. The van der Waals surface area contributed by atoms with E-state index in [-0.39, 0.29) is 5.60 Å². The SMILES string of the molecule is COc1ccc(/C=C/c2ccncc2)c2c1OC1(CCCC1)C2. The van der Waals surface area contributed by atoms with Gasteiger partial charge in [-0.15, -0.1) is 0 Å². The molecule has 3 heteroatoms. The van der Waals surface area contributed by atoms with Crippen LogP contribution in [0.5, 0.6) is 11.5 Å². The van der Waals surface area contributed by atoms with Gasteiger partial charge in [0.2, 0.25) is 0 Å². The van der Waals surface area contributed by atoms with Gasteiger partial charge in [0.05, 0.1) is 7.11 Å². The van der Waals surface area contributed by atoms with Crippen molar-refractivity contribution in [3.8, 4) is 11.5 Å². The number of fused-ring (bicyclic) bond motifs is 1. The fourth-order valence-corrected chi connectivity index (χ4v) is 3.77. The number of methoxy groups -OCH3 is 1. The molecule has 1 aliphatic heterocycles. The lowest BCUT2D eigenvalue weighted by atomic mass is 9.92. The van der Waals surface area contributed by atoms with Crippen LogP contribution in [0.2, 0.25) is 0 Å². The van der Waals surface area contributed by atoms with Gasteiger partial charge in [-0.2, -0.15) is 0 Å². The molecule has 0 unspecified atom stereocenters. The molecule has 0 saturated heterocycles. The molecule has 0 amide bonds. The van der Waals surface area contributed by atoms with Crippen molar-refractivity contribution in [3.63, 3.8) is 0 Å². The Morgan fingerprint density at radius 2 is 1.87 bits per heavy atom. The van der Waals surface area contributed by atoms with Crippen molar-refractivity contribution in [1.29, 1.82) is 0 Å². The molecular formula is C20H21NO2. The van der Waals surface area contributed by atoms with E-state index < -0.39 is 0 Å². The molecule has 1 fully saturated rings. The fraction of sp³-hybridized carbons (Fsp3) is 0.350. The van der Waals surface area contributed by atoms with E-state index in [0.717, 1.165) is 36.3 Å². The van der Waals surface area contributed by atoms with Gasteiger partial charge in [-0.25, -0.2) is 0 Å². The van der Waals surface area contributed by atoms with Crippen molar-refractivity contribution < 1.29 is 9.47 Å². The Morgan fingerprint density at radius 3 is 2.61 bits per heavy atom. The highest BCUT2D eigenvalue weighted by Gasteiger charge is 2.43. The molecule has 0 atom stereocenters. The van der Waals surface area contributed by atoms with E-state index in [0.29, 0.717) is 0 Å². The molecule has 1 aromatic heterocycles. The van der Waals surface area contributed by atoms with Crippen LogP contribution in [0.15, 0.2) is 36.7 Å². The standard InChI is InChI=1S/C20H21NO2/c1-22-18-7-6-16(5-4-15-8-12-21-13-9-15)17-14-20(23-19(17)18)10-2-3-11-20/h4-9,12-13H,2-3,10-11,14H2,1H3/b5-4+. The van der Waals surface area contributed by atoms with Crippen molar-refractivity contribution in [2.24, 2.45) is 0 Å². The molecule has 1 aliphatic carbocycles. The predicted octanol–water partition coefficient (Wildman–Crippen LogP) is 4.51. The second kappa shape index (κ2) is 5.73. The first-order valence-corrected chi connectivity index (χ1v) is 8.27. The maximum atomic E-state index is 6.40. The molecular weight excluding hydrogens is 286 g/mol. The lowest BCUT2D eigenvalue weighted by Crippen LogP contribution is -2.30. The van der Waals surface area contributed by atoms with Gasteiger partial charge in [-0.05, 0) is 55.0 Å². The number of ether oxygens (including phenoxy) is 2. The lowest BCUT2D eigenvalue weighted by molar-refractivity contribution is 0.0996. The summed E-state index contributed by atoms with van der Waals surface area (Å²) in [5.41, 5.74) is 3.67. The van der Waals surface area contributed by atoms with Crippen LogP contribution in [0.4, 0.5) is 0 Å². The van der Waals surface area contributed by atoms with E-state index in [9.17, 15) is 0 Å². The minimum Gasteiger partial charge on any atom is -0.493 e. The molecule has 2 aliphatic rings. The van der Waals surface area contributed by atoms with Gasteiger partial charge < -0.3 is 9.47 Å². The van der Waals surface area contributed by atoms with Gasteiger partial charge in [0.1, 0.15) is 5.60 Å². The Balaban J connectivity index is 1.70. The summed E-state index contributed by atoms with van der Waals surface area (Å²) in [5, 5.41) is 0. The Kier molecular flexibility index (Phi) is 3.56. The molecule has 3 nitrogen and oxygen atoms in total. The highest BCUT2D eigenvalue weighted by atomic mass is 16.5. The van der Waals surface area contributed by atoms with Crippen LogP contribution in [0.3, 0.4) is 0 Å². The Bertz CT molecular complexity index is 731. The second-order valence-electron chi connectivity index (χ2n) is 6.45. The van der Waals surface area contributed by atoms with Crippen molar-refractivity contribution in [1.82, 2.24) is 4.98 Å². The first-order valence-electron chi connectivity index (χ1n) is 8.27. The van der Waals surface area contributed by atoms with Crippen LogP contribution in [-0.4, -0.2) is 17.7 Å². The zero-order valence-corrected chi connectivity index (χ0v) is 13.4. The van der Waals surface area contributed by atoms with Crippen molar-refractivity contribution >= 4 is 12.2 Å². The molecule has 2 heterocycles. The molecule has 2 aromatic rings. The number of pyridine rings is 1. The molecule has 0 bridgehead atoms. The summed E-state index contributed by atoms with van der Waals surface area (Å²) < 4.78 is 11.9. The maximum Gasteiger partial charge on any atom is 0.165 e. The van der Waals surface area contributed by atoms with E-state index in [2.05, 4.69) is 23.2 Å². The number of hydrogen-bond donors (Lipinski definition) is 0. The third-order valence-corrected chi connectivity index (χ3v) is 4.97. The molecule has 23 heavy (non-hydrogen) atoms. The molecule has 0 N–H and O–H groups in total. The van der Waals surface area contributed by atoms with Gasteiger partial charge >= 0.3 is 0 Å². The highest BCUT2D eigenvalue weighted by Crippen LogP contribution is 2.49. The van der Waals surface area contributed by atoms with Crippen LogP contribution in [0.25, 0.3) is 12.2 Å². The number of aromatic nitrogens is 1. The summed E-state index contributed by atoms with van der Waals surface area (Å²) in [4.78, 5) is 4.06. The van der Waals surface area contributed by atoms with Gasteiger partial charge in [-0.1, -0.05) is 18.2 Å². The van der Waals surface area contributed by atoms with Gasteiger partial charge in [0.25, 0.3) is 0 Å². The lowest BCUT2D eigenvalue weighted by Gasteiger charge is -2.22. The zero-order valence-electron chi connectivity index (χ0n) is 13.4. The zero-order chi connectivity index (χ0) is 15.7. The van der Waals surface area contributed by atoms with Crippen LogP contribution in [0, 0.1) is 0 Å². The third-order valence-electron chi connectivity index (χ3n) is 4.97. The van der Waals surface area contributed by atoms with E-state index in [4.69, 9.17) is 9.47 Å². The predicted molar refractivity (Wildman–Crippen MR) is 91.7 cm³/mol. The highest BCUT2D eigenvalue weighted by molar-refractivity contribution is 5.74. The summed E-state index contributed by atoms with van der Waals surface area (Å²) in [7, 11) is 1.71. The van der Waals surface area contributed by atoms with Gasteiger partial charge in [0, 0.05) is 24.4 Å². The minimum atomic E-state index is 0.0101. The summed E-state index contributed by atoms with van der Waals surface area (Å²) in [6.45, 7) is 0. The number of rotatable bonds is 3. The normalized spacial score (nSPS) is 18.3.